The van der Waals surface area contributed by atoms with E-state index in [-0.39, 0.29) is 0 Å². The Morgan fingerprint density at radius 1 is 1.76 bits per heavy atom. The summed E-state index contributed by atoms with van der Waals surface area (Å²) in [4.78, 5) is 14.9. The number of thioether (sulfide) groups is 1. The van der Waals surface area contributed by atoms with Crippen molar-refractivity contribution in [1.82, 2.24) is 4.98 Å². The second-order valence-corrected chi connectivity index (χ2v) is 6.18. The van der Waals surface area contributed by atoms with Gasteiger partial charge >= 0.3 is 5.97 Å². The standard InChI is InChI=1S/C10H15N3O2S2/c11-8(9(14)15)7-5-17-10(13-7)12-4-6-2-1-3-16-6/h5-6,8H,1-4,11H2,(H,12,13)(H,14,15). The molecule has 1 fully saturated rings. The zero-order valence-corrected chi connectivity index (χ0v) is 10.9. The van der Waals surface area contributed by atoms with Gasteiger partial charge < -0.3 is 16.2 Å². The molecule has 1 aromatic rings. The molecule has 2 atom stereocenters. The summed E-state index contributed by atoms with van der Waals surface area (Å²) in [6.45, 7) is 0.889. The second-order valence-electron chi connectivity index (χ2n) is 3.91. The Morgan fingerprint density at radius 2 is 2.59 bits per heavy atom. The number of nitrogens with zero attached hydrogens (tertiary/aromatic N) is 1. The van der Waals surface area contributed by atoms with Crippen LogP contribution in [0.15, 0.2) is 5.38 Å². The zero-order valence-electron chi connectivity index (χ0n) is 9.26. The monoisotopic (exact) mass is 273 g/mol. The first-order valence-electron chi connectivity index (χ1n) is 5.46. The molecule has 2 rings (SSSR count). The highest BCUT2D eigenvalue weighted by Crippen LogP contribution is 2.27. The van der Waals surface area contributed by atoms with Crippen LogP contribution in [0.25, 0.3) is 0 Å². The van der Waals surface area contributed by atoms with Gasteiger partial charge in [-0.15, -0.1) is 11.3 Å². The average molecular weight is 273 g/mol. The number of hydrogen-bond donors (Lipinski definition) is 3. The smallest absolute Gasteiger partial charge is 0.326 e. The summed E-state index contributed by atoms with van der Waals surface area (Å²) in [6, 6.07) is -1.03. The zero-order chi connectivity index (χ0) is 12.3. The number of aromatic nitrogens is 1. The third-order valence-corrected chi connectivity index (χ3v) is 4.83. The number of rotatable bonds is 5. The highest BCUT2D eigenvalue weighted by atomic mass is 32.2. The molecular formula is C10H15N3O2S2. The lowest BCUT2D eigenvalue weighted by Crippen LogP contribution is -2.21. The molecule has 1 aliphatic heterocycles. The highest BCUT2D eigenvalue weighted by molar-refractivity contribution is 8.00. The van der Waals surface area contributed by atoms with E-state index >= 15 is 0 Å². The number of nitrogens with two attached hydrogens (primary N) is 1. The molecule has 5 nitrogen and oxygen atoms in total. The number of carboxylic acids is 1. The molecule has 0 aromatic carbocycles. The Kier molecular flexibility index (Phi) is 4.25. The Balaban J connectivity index is 1.87. The van der Waals surface area contributed by atoms with Crippen LogP contribution in [0.2, 0.25) is 0 Å². The number of thiazole rings is 1. The number of carboxylic acid groups (broad SMARTS) is 1. The van der Waals surface area contributed by atoms with Gasteiger partial charge in [-0.05, 0) is 18.6 Å². The van der Waals surface area contributed by atoms with Gasteiger partial charge in [0.15, 0.2) is 5.13 Å². The van der Waals surface area contributed by atoms with E-state index in [0.29, 0.717) is 10.9 Å². The maximum absolute atomic E-state index is 10.7. The fourth-order valence-corrected chi connectivity index (χ4v) is 3.60. The molecule has 2 heterocycles. The fourth-order valence-electron chi connectivity index (χ4n) is 1.64. The van der Waals surface area contributed by atoms with Gasteiger partial charge in [0.05, 0.1) is 5.69 Å². The van der Waals surface area contributed by atoms with Crippen LogP contribution in [0.4, 0.5) is 5.13 Å². The number of nitrogens with one attached hydrogen (secondary N) is 1. The van der Waals surface area contributed by atoms with Crippen molar-refractivity contribution in [3.05, 3.63) is 11.1 Å². The Hall–Kier alpha value is -0.790. The molecule has 1 aliphatic rings. The molecule has 0 amide bonds. The Morgan fingerprint density at radius 3 is 3.24 bits per heavy atom. The van der Waals surface area contributed by atoms with Gasteiger partial charge in [0, 0.05) is 17.2 Å². The van der Waals surface area contributed by atoms with Gasteiger partial charge in [0.1, 0.15) is 6.04 Å². The van der Waals surface area contributed by atoms with Crippen molar-refractivity contribution in [2.45, 2.75) is 24.1 Å². The quantitative estimate of drug-likeness (QED) is 0.754. The van der Waals surface area contributed by atoms with Crippen molar-refractivity contribution in [2.24, 2.45) is 5.73 Å². The van der Waals surface area contributed by atoms with E-state index in [4.69, 9.17) is 10.8 Å². The number of carbonyl (C=O) groups is 1. The van der Waals surface area contributed by atoms with Crippen molar-refractivity contribution in [3.63, 3.8) is 0 Å². The number of hydrogen-bond acceptors (Lipinski definition) is 6. The summed E-state index contributed by atoms with van der Waals surface area (Å²) in [5.41, 5.74) is 5.90. The first-order chi connectivity index (χ1) is 8.16. The summed E-state index contributed by atoms with van der Waals surface area (Å²) in [6.07, 6.45) is 2.52. The molecule has 2 unspecified atom stereocenters. The largest absolute Gasteiger partial charge is 0.480 e. The van der Waals surface area contributed by atoms with Crippen LogP contribution in [0.5, 0.6) is 0 Å². The molecule has 17 heavy (non-hydrogen) atoms. The van der Waals surface area contributed by atoms with Crippen molar-refractivity contribution in [2.75, 3.05) is 17.6 Å². The first kappa shape index (κ1) is 12.7. The van der Waals surface area contributed by atoms with Crippen molar-refractivity contribution < 1.29 is 9.90 Å². The SMILES string of the molecule is NC(C(=O)O)c1csc(NCC2CCCS2)n1. The molecule has 7 heteroatoms. The summed E-state index contributed by atoms with van der Waals surface area (Å²) in [7, 11) is 0. The molecule has 94 valence electrons. The lowest BCUT2D eigenvalue weighted by atomic mass is 10.2. The van der Waals surface area contributed by atoms with E-state index in [2.05, 4.69) is 10.3 Å². The van der Waals surface area contributed by atoms with Gasteiger partial charge in [0.2, 0.25) is 0 Å². The molecular weight excluding hydrogens is 258 g/mol. The van der Waals surface area contributed by atoms with Crippen LogP contribution in [0.3, 0.4) is 0 Å². The van der Waals surface area contributed by atoms with Crippen LogP contribution >= 0.6 is 23.1 Å². The minimum Gasteiger partial charge on any atom is -0.480 e. The van der Waals surface area contributed by atoms with Gasteiger partial charge in [0.25, 0.3) is 0 Å². The molecule has 1 saturated heterocycles. The maximum atomic E-state index is 10.7. The minimum absolute atomic E-state index is 0.420. The Bertz CT molecular complexity index is 391. The topological polar surface area (TPSA) is 88.2 Å². The predicted molar refractivity (Wildman–Crippen MR) is 70.6 cm³/mol. The van der Waals surface area contributed by atoms with Gasteiger partial charge in [-0.1, -0.05) is 0 Å². The summed E-state index contributed by atoms with van der Waals surface area (Å²) < 4.78 is 0. The van der Waals surface area contributed by atoms with Gasteiger partial charge in [-0.3, -0.25) is 4.79 Å². The third-order valence-electron chi connectivity index (χ3n) is 2.61. The molecule has 0 bridgehead atoms. The fraction of sp³-hybridized carbons (Fsp3) is 0.600. The van der Waals surface area contributed by atoms with E-state index in [1.165, 1.54) is 29.9 Å². The van der Waals surface area contributed by atoms with Crippen LogP contribution < -0.4 is 11.1 Å². The number of anilines is 1. The van der Waals surface area contributed by atoms with E-state index in [1.54, 1.807) is 5.38 Å². The second kappa shape index (κ2) is 5.70. The first-order valence-corrected chi connectivity index (χ1v) is 7.39. The van der Waals surface area contributed by atoms with Crippen LogP contribution in [-0.4, -0.2) is 33.6 Å². The van der Waals surface area contributed by atoms with E-state index in [0.717, 1.165) is 11.7 Å². The van der Waals surface area contributed by atoms with Gasteiger partial charge in [-0.2, -0.15) is 11.8 Å². The lowest BCUT2D eigenvalue weighted by Gasteiger charge is -2.08. The van der Waals surface area contributed by atoms with Crippen molar-refractivity contribution in [1.29, 1.82) is 0 Å². The average Bonchev–Trinajstić information content (AvgIpc) is 2.96. The molecule has 0 saturated carbocycles. The summed E-state index contributed by atoms with van der Waals surface area (Å²) in [5.74, 6) is 0.188. The molecule has 0 radical (unpaired) electrons. The summed E-state index contributed by atoms with van der Waals surface area (Å²) >= 11 is 3.38. The predicted octanol–water partition coefficient (Wildman–Crippen LogP) is 1.54. The van der Waals surface area contributed by atoms with E-state index < -0.39 is 12.0 Å². The molecule has 4 N–H and O–H groups in total. The van der Waals surface area contributed by atoms with E-state index in [1.807, 2.05) is 11.8 Å². The van der Waals surface area contributed by atoms with Crippen LogP contribution in [0, 0.1) is 0 Å². The summed E-state index contributed by atoms with van der Waals surface area (Å²) in [5, 5.41) is 15.1. The Labute approximate surface area is 108 Å². The lowest BCUT2D eigenvalue weighted by molar-refractivity contribution is -0.138. The molecule has 1 aromatic heterocycles. The van der Waals surface area contributed by atoms with Crippen LogP contribution in [0.1, 0.15) is 24.6 Å². The van der Waals surface area contributed by atoms with Crippen LogP contribution in [-0.2, 0) is 4.79 Å². The minimum atomic E-state index is -1.05. The van der Waals surface area contributed by atoms with Crippen molar-refractivity contribution >= 4 is 34.2 Å². The van der Waals surface area contributed by atoms with Gasteiger partial charge in [-0.25, -0.2) is 4.98 Å². The molecule has 0 aliphatic carbocycles. The number of aliphatic carboxylic acids is 1. The van der Waals surface area contributed by atoms with E-state index in [9.17, 15) is 4.79 Å². The highest BCUT2D eigenvalue weighted by Gasteiger charge is 2.19. The normalized spacial score (nSPS) is 21.4. The molecule has 0 spiro atoms. The van der Waals surface area contributed by atoms with Crippen molar-refractivity contribution in [3.8, 4) is 0 Å². The maximum Gasteiger partial charge on any atom is 0.326 e. The third kappa shape index (κ3) is 3.34.